The number of hydrogen-bond acceptors (Lipinski definition) is 5. The number of anilines is 2. The van der Waals surface area contributed by atoms with Crippen molar-refractivity contribution in [3.05, 3.63) is 51.1 Å². The zero-order valence-corrected chi connectivity index (χ0v) is 17.9. The number of hydrogen-bond donors (Lipinski definition) is 3. The number of carbonyl (C=O) groups excluding carboxylic acids is 1. The van der Waals surface area contributed by atoms with Crippen LogP contribution in [-0.4, -0.2) is 28.8 Å². The van der Waals surface area contributed by atoms with E-state index < -0.39 is 18.0 Å². The van der Waals surface area contributed by atoms with Gasteiger partial charge in [-0.1, -0.05) is 0 Å². The largest absolute Gasteiger partial charge is 0.352 e. The number of aromatic amines is 1. The summed E-state index contributed by atoms with van der Waals surface area (Å²) in [6.45, 7) is 2.51. The van der Waals surface area contributed by atoms with E-state index in [1.165, 1.54) is 12.4 Å². The van der Waals surface area contributed by atoms with Crippen molar-refractivity contribution in [3.63, 3.8) is 0 Å². The van der Waals surface area contributed by atoms with Crippen molar-refractivity contribution in [1.29, 1.82) is 0 Å². The summed E-state index contributed by atoms with van der Waals surface area (Å²) < 4.78 is 21.8. The average Bonchev–Trinajstić information content (AvgIpc) is 3.19. The summed E-state index contributed by atoms with van der Waals surface area (Å²) >= 11 is 2.21. The summed E-state index contributed by atoms with van der Waals surface area (Å²) in [7, 11) is 0. The van der Waals surface area contributed by atoms with Crippen LogP contribution in [0.5, 0.6) is 0 Å². The maximum absolute atomic E-state index is 15.2. The summed E-state index contributed by atoms with van der Waals surface area (Å²) in [5.41, 5.74) is 4.75. The topological polar surface area (TPSA) is 88.3 Å². The van der Waals surface area contributed by atoms with Crippen LogP contribution >= 0.6 is 22.6 Å². The van der Waals surface area contributed by atoms with Gasteiger partial charge in [0.2, 0.25) is 0 Å². The van der Waals surface area contributed by atoms with Gasteiger partial charge < -0.3 is 15.0 Å². The number of aryl methyl sites for hydroxylation is 1. The number of ether oxygens (including phenoxy) is 1. The van der Waals surface area contributed by atoms with Gasteiger partial charge in [-0.3, -0.25) is 4.79 Å². The first-order valence-corrected chi connectivity index (χ1v) is 10.4. The lowest BCUT2D eigenvalue weighted by Gasteiger charge is -2.22. The van der Waals surface area contributed by atoms with E-state index in [1.54, 1.807) is 0 Å². The third kappa shape index (κ3) is 4.36. The minimum Gasteiger partial charge on any atom is -0.352 e. The molecule has 29 heavy (non-hydrogen) atoms. The van der Waals surface area contributed by atoms with Gasteiger partial charge >= 0.3 is 0 Å². The fourth-order valence-electron chi connectivity index (χ4n) is 3.22. The molecule has 0 spiro atoms. The Labute approximate surface area is 180 Å². The lowest BCUT2D eigenvalue weighted by Crippen LogP contribution is -2.33. The number of aromatic nitrogens is 2. The Kier molecular flexibility index (Phi) is 5.97. The third-order valence-electron chi connectivity index (χ3n) is 4.77. The summed E-state index contributed by atoms with van der Waals surface area (Å²) in [4.78, 5) is 25.1. The van der Waals surface area contributed by atoms with E-state index in [0.29, 0.717) is 24.2 Å². The molecule has 3 aromatic rings. The smallest absolute Gasteiger partial charge is 0.277 e. The maximum atomic E-state index is 15.2. The molecule has 9 heteroatoms. The van der Waals surface area contributed by atoms with E-state index in [-0.39, 0.29) is 16.8 Å². The average molecular weight is 510 g/mol. The van der Waals surface area contributed by atoms with Crippen molar-refractivity contribution < 1.29 is 18.8 Å². The maximum Gasteiger partial charge on any atom is 0.277 e. The van der Waals surface area contributed by atoms with E-state index in [0.717, 1.165) is 22.0 Å². The van der Waals surface area contributed by atoms with E-state index in [2.05, 4.69) is 43.4 Å². The zero-order valence-electron chi connectivity index (χ0n) is 15.7. The van der Waals surface area contributed by atoms with Crippen LogP contribution in [0.25, 0.3) is 11.0 Å². The van der Waals surface area contributed by atoms with Crippen LogP contribution in [0.1, 0.15) is 35.2 Å². The first-order valence-electron chi connectivity index (χ1n) is 9.29. The molecule has 2 aromatic carbocycles. The van der Waals surface area contributed by atoms with Crippen LogP contribution in [0.4, 0.5) is 15.8 Å². The highest BCUT2D eigenvalue weighted by Crippen LogP contribution is 2.31. The molecule has 1 fully saturated rings. The molecule has 152 valence electrons. The number of benzene rings is 2. The minimum absolute atomic E-state index is 0.0525. The van der Waals surface area contributed by atoms with Gasteiger partial charge in [0, 0.05) is 22.3 Å². The van der Waals surface area contributed by atoms with E-state index >= 15 is 4.39 Å². The molecule has 3 N–H and O–H groups in total. The van der Waals surface area contributed by atoms with Crippen molar-refractivity contribution in [2.75, 3.05) is 11.9 Å². The quantitative estimate of drug-likeness (QED) is 0.347. The molecular weight excluding hydrogens is 490 g/mol. The normalized spacial score (nSPS) is 16.7. The number of halogens is 2. The standard InChI is InChI=1S/C20H20FIN4O3/c1-11-8-12(22)5-6-14(11)25-18-13(9-15-19(17(18)21)24-10-23-15)20(27)26-29-16-4-2-3-7-28-16/h5-6,8-10,16,25H,2-4,7H2,1H3,(H,23,24)(H,26,27). The van der Waals surface area contributed by atoms with Crippen LogP contribution in [-0.2, 0) is 9.57 Å². The second-order valence-corrected chi connectivity index (χ2v) is 8.08. The molecule has 2 heterocycles. The van der Waals surface area contributed by atoms with Gasteiger partial charge in [-0.2, -0.15) is 0 Å². The lowest BCUT2D eigenvalue weighted by atomic mass is 10.1. The van der Waals surface area contributed by atoms with Gasteiger partial charge in [0.1, 0.15) is 5.52 Å². The first-order chi connectivity index (χ1) is 14.0. The van der Waals surface area contributed by atoms with Gasteiger partial charge in [-0.25, -0.2) is 19.7 Å². The SMILES string of the molecule is Cc1cc(I)ccc1Nc1c(C(=O)NOC2CCCCO2)cc2nc[nH]c2c1F. The fourth-order valence-corrected chi connectivity index (χ4v) is 3.87. The Bertz CT molecular complexity index is 1050. The van der Waals surface area contributed by atoms with Crippen LogP contribution in [0.3, 0.4) is 0 Å². The van der Waals surface area contributed by atoms with Gasteiger partial charge in [-0.15, -0.1) is 0 Å². The number of nitrogens with zero attached hydrogens (tertiary/aromatic N) is 1. The van der Waals surface area contributed by atoms with E-state index in [1.807, 2.05) is 25.1 Å². The Balaban J connectivity index is 1.66. The van der Waals surface area contributed by atoms with Crippen molar-refractivity contribution in [2.24, 2.45) is 0 Å². The fraction of sp³-hybridized carbons (Fsp3) is 0.300. The molecule has 0 radical (unpaired) electrons. The van der Waals surface area contributed by atoms with Gasteiger partial charge in [0.15, 0.2) is 12.1 Å². The van der Waals surface area contributed by atoms with Gasteiger partial charge in [0.05, 0.1) is 23.1 Å². The second-order valence-electron chi connectivity index (χ2n) is 6.84. The molecule has 1 aliphatic rings. The van der Waals surface area contributed by atoms with Crippen molar-refractivity contribution in [2.45, 2.75) is 32.5 Å². The number of rotatable bonds is 5. The molecule has 1 aliphatic heterocycles. The Morgan fingerprint density at radius 1 is 1.38 bits per heavy atom. The molecule has 4 rings (SSSR count). The second kappa shape index (κ2) is 8.64. The molecule has 0 saturated carbocycles. The van der Waals surface area contributed by atoms with Crippen LogP contribution < -0.4 is 10.8 Å². The summed E-state index contributed by atoms with van der Waals surface area (Å²) in [5, 5.41) is 3.06. The Hall–Kier alpha value is -2.24. The summed E-state index contributed by atoms with van der Waals surface area (Å²) in [6, 6.07) is 7.26. The molecule has 1 amide bonds. The number of fused-ring (bicyclic) bond motifs is 1. The van der Waals surface area contributed by atoms with E-state index in [4.69, 9.17) is 9.57 Å². The van der Waals surface area contributed by atoms with E-state index in [9.17, 15) is 4.79 Å². The van der Waals surface area contributed by atoms with Crippen LogP contribution in [0, 0.1) is 16.3 Å². The summed E-state index contributed by atoms with van der Waals surface area (Å²) in [5.74, 6) is -1.16. The molecule has 1 saturated heterocycles. The third-order valence-corrected chi connectivity index (χ3v) is 5.44. The Morgan fingerprint density at radius 3 is 3.00 bits per heavy atom. The highest BCUT2D eigenvalue weighted by molar-refractivity contribution is 14.1. The lowest BCUT2D eigenvalue weighted by molar-refractivity contribution is -0.186. The molecule has 0 aliphatic carbocycles. The molecule has 7 nitrogen and oxygen atoms in total. The van der Waals surface area contributed by atoms with Crippen LogP contribution in [0.15, 0.2) is 30.6 Å². The molecule has 1 aromatic heterocycles. The van der Waals surface area contributed by atoms with Crippen LogP contribution in [0.2, 0.25) is 0 Å². The predicted octanol–water partition coefficient (Wildman–Crippen LogP) is 4.55. The highest BCUT2D eigenvalue weighted by atomic mass is 127. The molecule has 0 bridgehead atoms. The number of hydroxylamine groups is 1. The zero-order chi connectivity index (χ0) is 20.4. The van der Waals surface area contributed by atoms with Crippen molar-refractivity contribution in [3.8, 4) is 0 Å². The monoisotopic (exact) mass is 510 g/mol. The minimum atomic E-state index is -0.586. The van der Waals surface area contributed by atoms with Gasteiger partial charge in [0.25, 0.3) is 5.91 Å². The molecule has 1 atom stereocenters. The van der Waals surface area contributed by atoms with Crippen molar-refractivity contribution >= 4 is 50.9 Å². The highest BCUT2D eigenvalue weighted by Gasteiger charge is 2.23. The number of H-pyrrole nitrogens is 1. The van der Waals surface area contributed by atoms with Crippen molar-refractivity contribution in [1.82, 2.24) is 15.4 Å². The Morgan fingerprint density at radius 2 is 2.24 bits per heavy atom. The number of imidazole rings is 1. The number of carbonyl (C=O) groups is 1. The first kappa shape index (κ1) is 20.0. The summed E-state index contributed by atoms with van der Waals surface area (Å²) in [6.07, 6.45) is 3.52. The molecular formula is C20H20FIN4O3. The predicted molar refractivity (Wildman–Crippen MR) is 115 cm³/mol. The number of nitrogens with one attached hydrogen (secondary N) is 3. The molecule has 1 unspecified atom stereocenters. The van der Waals surface area contributed by atoms with Gasteiger partial charge in [-0.05, 0) is 72.2 Å². The number of amides is 1.